The van der Waals surface area contributed by atoms with E-state index in [0.29, 0.717) is 6.54 Å². The summed E-state index contributed by atoms with van der Waals surface area (Å²) in [6, 6.07) is 4.75. The molecule has 1 aromatic carbocycles. The molecule has 0 fully saturated rings. The van der Waals surface area contributed by atoms with Crippen LogP contribution in [0.5, 0.6) is 0 Å². The molecular weight excluding hydrogens is 193 g/mol. The van der Waals surface area contributed by atoms with Gasteiger partial charge in [-0.05, 0) is 38.1 Å². The summed E-state index contributed by atoms with van der Waals surface area (Å²) in [5, 5.41) is 5.24. The molecule has 0 unspecified atom stereocenters. The predicted octanol–water partition coefficient (Wildman–Crippen LogP) is 1.83. The molecule has 0 aliphatic rings. The maximum Gasteiger partial charge on any atom is 0.124 e. The second kappa shape index (κ2) is 3.98. The minimum atomic E-state index is -0.219. The van der Waals surface area contributed by atoms with Crippen molar-refractivity contribution in [3.05, 3.63) is 29.7 Å². The summed E-state index contributed by atoms with van der Waals surface area (Å²) >= 11 is 0. The van der Waals surface area contributed by atoms with E-state index in [4.69, 9.17) is 5.73 Å². The van der Waals surface area contributed by atoms with Crippen molar-refractivity contribution >= 4 is 10.9 Å². The van der Waals surface area contributed by atoms with E-state index in [-0.39, 0.29) is 5.82 Å². The van der Waals surface area contributed by atoms with Crippen molar-refractivity contribution in [2.24, 2.45) is 5.73 Å². The Morgan fingerprint density at radius 2 is 2.27 bits per heavy atom. The first kappa shape index (κ1) is 10.1. The summed E-state index contributed by atoms with van der Waals surface area (Å²) in [6.07, 6.45) is 0.883. The number of halogens is 1. The third kappa shape index (κ3) is 1.85. The Balaban J connectivity index is 2.48. The normalized spacial score (nSPS) is 11.1. The smallest absolute Gasteiger partial charge is 0.124 e. The largest absolute Gasteiger partial charge is 0.330 e. The van der Waals surface area contributed by atoms with Crippen LogP contribution in [0.3, 0.4) is 0 Å². The van der Waals surface area contributed by atoms with Crippen molar-refractivity contribution in [3.63, 3.8) is 0 Å². The fourth-order valence-corrected chi connectivity index (χ4v) is 1.72. The Kier molecular flexibility index (Phi) is 2.68. The Labute approximate surface area is 87.7 Å². The lowest BCUT2D eigenvalue weighted by Gasteiger charge is -2.01. The first-order chi connectivity index (χ1) is 7.22. The average molecular weight is 207 g/mol. The van der Waals surface area contributed by atoms with E-state index in [0.717, 1.165) is 29.6 Å². The van der Waals surface area contributed by atoms with Crippen LogP contribution in [0.25, 0.3) is 10.9 Å². The van der Waals surface area contributed by atoms with Crippen LogP contribution < -0.4 is 5.73 Å². The van der Waals surface area contributed by atoms with E-state index in [9.17, 15) is 4.39 Å². The number of nitrogens with two attached hydrogens (primary N) is 1. The van der Waals surface area contributed by atoms with Crippen molar-refractivity contribution < 1.29 is 4.39 Å². The highest BCUT2D eigenvalue weighted by Crippen LogP contribution is 2.19. The van der Waals surface area contributed by atoms with Gasteiger partial charge in [-0.1, -0.05) is 0 Å². The topological polar surface area (TPSA) is 43.8 Å². The summed E-state index contributed by atoms with van der Waals surface area (Å²) in [7, 11) is 0. The average Bonchev–Trinajstić information content (AvgIpc) is 2.53. The number of fused-ring (bicyclic) bond motifs is 1. The number of aromatic nitrogens is 2. The number of benzene rings is 1. The SMILES string of the molecule is Cc1nn(CCCN)c2ccc(F)cc12. The number of hydrogen-bond donors (Lipinski definition) is 1. The van der Waals surface area contributed by atoms with Gasteiger partial charge in [0.25, 0.3) is 0 Å². The standard InChI is InChI=1S/C11H14FN3/c1-8-10-7-9(12)3-4-11(10)15(14-8)6-2-5-13/h3-4,7H,2,5-6,13H2,1H3. The van der Waals surface area contributed by atoms with Gasteiger partial charge in [0.05, 0.1) is 11.2 Å². The second-order valence-electron chi connectivity index (χ2n) is 3.61. The van der Waals surface area contributed by atoms with Gasteiger partial charge in [-0.15, -0.1) is 0 Å². The highest BCUT2D eigenvalue weighted by molar-refractivity contribution is 5.81. The van der Waals surface area contributed by atoms with Crippen LogP contribution in [0, 0.1) is 12.7 Å². The van der Waals surface area contributed by atoms with Crippen molar-refractivity contribution in [2.45, 2.75) is 19.9 Å². The van der Waals surface area contributed by atoms with Gasteiger partial charge in [0, 0.05) is 11.9 Å². The summed E-state index contributed by atoms with van der Waals surface area (Å²) in [6.45, 7) is 3.31. The number of aryl methyl sites for hydroxylation is 2. The van der Waals surface area contributed by atoms with Gasteiger partial charge in [-0.3, -0.25) is 4.68 Å². The van der Waals surface area contributed by atoms with E-state index >= 15 is 0 Å². The molecule has 3 nitrogen and oxygen atoms in total. The van der Waals surface area contributed by atoms with Crippen LogP contribution >= 0.6 is 0 Å². The quantitative estimate of drug-likeness (QED) is 0.834. The van der Waals surface area contributed by atoms with Gasteiger partial charge in [-0.25, -0.2) is 4.39 Å². The lowest BCUT2D eigenvalue weighted by Crippen LogP contribution is -2.06. The van der Waals surface area contributed by atoms with E-state index in [1.165, 1.54) is 12.1 Å². The summed E-state index contributed by atoms with van der Waals surface area (Å²) in [4.78, 5) is 0. The van der Waals surface area contributed by atoms with E-state index in [2.05, 4.69) is 5.10 Å². The Hall–Kier alpha value is -1.42. The second-order valence-corrected chi connectivity index (χ2v) is 3.61. The van der Waals surface area contributed by atoms with Crippen LogP contribution in [0.1, 0.15) is 12.1 Å². The molecule has 2 aromatic rings. The lowest BCUT2D eigenvalue weighted by molar-refractivity contribution is 0.597. The van der Waals surface area contributed by atoms with E-state index in [1.54, 1.807) is 6.07 Å². The van der Waals surface area contributed by atoms with E-state index < -0.39 is 0 Å². The lowest BCUT2D eigenvalue weighted by atomic mass is 10.2. The van der Waals surface area contributed by atoms with Crippen LogP contribution in [0.15, 0.2) is 18.2 Å². The molecule has 80 valence electrons. The van der Waals surface area contributed by atoms with Crippen LogP contribution in [0.2, 0.25) is 0 Å². The third-order valence-electron chi connectivity index (χ3n) is 2.47. The van der Waals surface area contributed by atoms with Gasteiger partial charge in [0.2, 0.25) is 0 Å². The minimum Gasteiger partial charge on any atom is -0.330 e. The molecule has 0 radical (unpaired) electrons. The molecule has 0 spiro atoms. The van der Waals surface area contributed by atoms with Gasteiger partial charge >= 0.3 is 0 Å². The molecule has 0 saturated carbocycles. The first-order valence-corrected chi connectivity index (χ1v) is 5.05. The Morgan fingerprint density at radius 3 is 3.00 bits per heavy atom. The summed E-state index contributed by atoms with van der Waals surface area (Å²) in [5.41, 5.74) is 7.29. The van der Waals surface area contributed by atoms with Gasteiger partial charge < -0.3 is 5.73 Å². The molecule has 15 heavy (non-hydrogen) atoms. The molecule has 2 N–H and O–H groups in total. The predicted molar refractivity (Wildman–Crippen MR) is 58.1 cm³/mol. The van der Waals surface area contributed by atoms with Gasteiger partial charge in [0.1, 0.15) is 5.82 Å². The maximum atomic E-state index is 13.0. The molecule has 0 amide bonds. The van der Waals surface area contributed by atoms with Crippen LogP contribution in [-0.4, -0.2) is 16.3 Å². The number of rotatable bonds is 3. The third-order valence-corrected chi connectivity index (χ3v) is 2.47. The van der Waals surface area contributed by atoms with Gasteiger partial charge in [-0.2, -0.15) is 5.10 Å². The zero-order valence-electron chi connectivity index (χ0n) is 8.70. The number of nitrogens with zero attached hydrogens (tertiary/aromatic N) is 2. The summed E-state index contributed by atoms with van der Waals surface area (Å²) < 4.78 is 14.9. The molecule has 0 atom stereocenters. The van der Waals surface area contributed by atoms with Crippen molar-refractivity contribution in [1.82, 2.24) is 9.78 Å². The minimum absolute atomic E-state index is 0.219. The fourth-order valence-electron chi connectivity index (χ4n) is 1.72. The van der Waals surface area contributed by atoms with Crippen molar-refractivity contribution in [3.8, 4) is 0 Å². The first-order valence-electron chi connectivity index (χ1n) is 5.05. The van der Waals surface area contributed by atoms with E-state index in [1.807, 2.05) is 11.6 Å². The monoisotopic (exact) mass is 207 g/mol. The zero-order valence-corrected chi connectivity index (χ0v) is 8.70. The highest BCUT2D eigenvalue weighted by Gasteiger charge is 2.07. The summed E-state index contributed by atoms with van der Waals surface area (Å²) in [5.74, 6) is -0.219. The molecule has 0 aliphatic heterocycles. The maximum absolute atomic E-state index is 13.0. The van der Waals surface area contributed by atoms with Crippen LogP contribution in [-0.2, 0) is 6.54 Å². The molecular formula is C11H14FN3. The fraction of sp³-hybridized carbons (Fsp3) is 0.364. The van der Waals surface area contributed by atoms with Gasteiger partial charge in [0.15, 0.2) is 0 Å². The molecule has 1 heterocycles. The molecule has 2 rings (SSSR count). The van der Waals surface area contributed by atoms with Crippen molar-refractivity contribution in [1.29, 1.82) is 0 Å². The molecule has 0 saturated heterocycles. The Bertz CT molecular complexity index is 476. The Morgan fingerprint density at radius 1 is 1.47 bits per heavy atom. The molecule has 0 bridgehead atoms. The molecule has 1 aromatic heterocycles. The zero-order chi connectivity index (χ0) is 10.8. The highest BCUT2D eigenvalue weighted by atomic mass is 19.1. The number of hydrogen-bond acceptors (Lipinski definition) is 2. The molecule has 4 heteroatoms. The van der Waals surface area contributed by atoms with Crippen molar-refractivity contribution in [2.75, 3.05) is 6.54 Å². The molecule has 0 aliphatic carbocycles. The van der Waals surface area contributed by atoms with Crippen LogP contribution in [0.4, 0.5) is 4.39 Å².